The normalized spacial score (nSPS) is 14.8. The monoisotopic (exact) mass is 368 g/mol. The van der Waals surface area contributed by atoms with Crippen LogP contribution in [0.2, 0.25) is 0 Å². The van der Waals surface area contributed by atoms with Crippen LogP contribution in [-0.2, 0) is 16.0 Å². The van der Waals surface area contributed by atoms with Crippen LogP contribution in [-0.4, -0.2) is 38.8 Å². The molecule has 0 unspecified atom stereocenters. The molecule has 1 heterocycles. The maximum atomic E-state index is 12.3. The molecule has 0 atom stereocenters. The Balaban J connectivity index is 1.51. The quantitative estimate of drug-likeness (QED) is 0.806. The van der Waals surface area contributed by atoms with Crippen LogP contribution in [0.25, 0.3) is 0 Å². The average molecular weight is 368 g/mol. The summed E-state index contributed by atoms with van der Waals surface area (Å²) in [7, 11) is 1.78. The van der Waals surface area contributed by atoms with E-state index >= 15 is 0 Å². The van der Waals surface area contributed by atoms with Crippen molar-refractivity contribution in [2.24, 2.45) is 0 Å². The highest BCUT2D eigenvalue weighted by Crippen LogP contribution is 2.23. The Bertz CT molecular complexity index is 720. The van der Waals surface area contributed by atoms with Gasteiger partial charge in [-0.05, 0) is 61.7 Å². The fourth-order valence-electron chi connectivity index (χ4n) is 3.37. The minimum Gasteiger partial charge on any atom is -0.494 e. The van der Waals surface area contributed by atoms with Crippen LogP contribution in [0.3, 0.4) is 0 Å². The Hall–Kier alpha value is -2.53. The average Bonchev–Trinajstić information content (AvgIpc) is 2.70. The van der Waals surface area contributed by atoms with Crippen LogP contribution >= 0.6 is 0 Å². The molecule has 144 valence electrons. The van der Waals surface area contributed by atoms with Gasteiger partial charge in [0.2, 0.25) is 5.91 Å². The molecule has 1 fully saturated rings. The first-order valence-electron chi connectivity index (χ1n) is 9.57. The number of nitrogens with zero attached hydrogens (tertiary/aromatic N) is 1. The van der Waals surface area contributed by atoms with Crippen LogP contribution in [0.4, 0.5) is 11.4 Å². The highest BCUT2D eigenvalue weighted by molar-refractivity contribution is 5.92. The lowest BCUT2D eigenvalue weighted by Gasteiger charge is -2.33. The molecule has 3 rings (SSSR count). The smallest absolute Gasteiger partial charge is 0.228 e. The largest absolute Gasteiger partial charge is 0.494 e. The van der Waals surface area contributed by atoms with Gasteiger partial charge in [-0.25, -0.2) is 0 Å². The zero-order valence-corrected chi connectivity index (χ0v) is 16.1. The van der Waals surface area contributed by atoms with Crippen LogP contribution < -0.4 is 15.0 Å². The molecule has 27 heavy (non-hydrogen) atoms. The summed E-state index contributed by atoms with van der Waals surface area (Å²) in [5.41, 5.74) is 2.98. The molecule has 5 heteroatoms. The molecule has 0 saturated carbocycles. The number of amides is 1. The SMILES string of the molecule is CCOc1ccc(CC(=O)Nc2ccc(N3CCC(OC)CC3)cc2)cc1. The van der Waals surface area contributed by atoms with Crippen molar-refractivity contribution in [3.05, 3.63) is 54.1 Å². The van der Waals surface area contributed by atoms with Gasteiger partial charge in [-0.1, -0.05) is 12.1 Å². The maximum Gasteiger partial charge on any atom is 0.228 e. The summed E-state index contributed by atoms with van der Waals surface area (Å²) in [6, 6.07) is 15.7. The van der Waals surface area contributed by atoms with Gasteiger partial charge in [0.15, 0.2) is 0 Å². The van der Waals surface area contributed by atoms with Crippen LogP contribution in [0.15, 0.2) is 48.5 Å². The first-order chi connectivity index (χ1) is 13.2. The summed E-state index contributed by atoms with van der Waals surface area (Å²) < 4.78 is 10.8. The molecule has 1 aliphatic heterocycles. The lowest BCUT2D eigenvalue weighted by atomic mass is 10.1. The zero-order chi connectivity index (χ0) is 19.1. The van der Waals surface area contributed by atoms with E-state index in [0.29, 0.717) is 19.1 Å². The van der Waals surface area contributed by atoms with Crippen LogP contribution in [0, 0.1) is 0 Å². The number of nitrogens with one attached hydrogen (secondary N) is 1. The van der Waals surface area contributed by atoms with E-state index in [1.54, 1.807) is 7.11 Å². The number of carbonyl (C=O) groups is 1. The van der Waals surface area contributed by atoms with Gasteiger partial charge in [-0.2, -0.15) is 0 Å². The van der Waals surface area contributed by atoms with Crippen molar-refractivity contribution < 1.29 is 14.3 Å². The van der Waals surface area contributed by atoms with Crippen molar-refractivity contribution in [1.29, 1.82) is 0 Å². The molecule has 1 N–H and O–H groups in total. The molecule has 1 aliphatic rings. The minimum absolute atomic E-state index is 0.0205. The predicted octanol–water partition coefficient (Wildman–Crippen LogP) is 3.88. The number of carbonyl (C=O) groups excluding carboxylic acids is 1. The molecular weight excluding hydrogens is 340 g/mol. The summed E-state index contributed by atoms with van der Waals surface area (Å²) in [6.45, 7) is 4.60. The number of benzene rings is 2. The van der Waals surface area contributed by atoms with Crippen molar-refractivity contribution in [3.8, 4) is 5.75 Å². The number of hydrogen-bond donors (Lipinski definition) is 1. The first kappa shape index (κ1) is 19.2. The highest BCUT2D eigenvalue weighted by Gasteiger charge is 2.18. The second kappa shape index (κ2) is 9.42. The second-order valence-electron chi connectivity index (χ2n) is 6.77. The van der Waals surface area contributed by atoms with E-state index in [4.69, 9.17) is 9.47 Å². The van der Waals surface area contributed by atoms with Gasteiger partial charge in [-0.3, -0.25) is 4.79 Å². The fraction of sp³-hybridized carbons (Fsp3) is 0.409. The van der Waals surface area contributed by atoms with E-state index < -0.39 is 0 Å². The number of anilines is 2. The van der Waals surface area contributed by atoms with Gasteiger partial charge >= 0.3 is 0 Å². The lowest BCUT2D eigenvalue weighted by molar-refractivity contribution is -0.115. The van der Waals surface area contributed by atoms with E-state index in [9.17, 15) is 4.79 Å². The predicted molar refractivity (Wildman–Crippen MR) is 109 cm³/mol. The number of rotatable bonds is 7. The summed E-state index contributed by atoms with van der Waals surface area (Å²) in [6.07, 6.45) is 2.83. The Labute approximate surface area is 161 Å². The summed E-state index contributed by atoms with van der Waals surface area (Å²) in [5.74, 6) is 0.805. The number of methoxy groups -OCH3 is 1. The first-order valence-corrected chi connectivity index (χ1v) is 9.57. The summed E-state index contributed by atoms with van der Waals surface area (Å²) >= 11 is 0. The topological polar surface area (TPSA) is 50.8 Å². The van der Waals surface area contributed by atoms with Crippen molar-refractivity contribution in [1.82, 2.24) is 0 Å². The Morgan fingerprint density at radius 3 is 2.33 bits per heavy atom. The Morgan fingerprint density at radius 1 is 1.07 bits per heavy atom. The number of piperidine rings is 1. The molecule has 0 aromatic heterocycles. The molecule has 0 bridgehead atoms. The fourth-order valence-corrected chi connectivity index (χ4v) is 3.37. The molecule has 0 radical (unpaired) electrons. The van der Waals surface area contributed by atoms with Gasteiger partial charge in [0.05, 0.1) is 19.1 Å². The Morgan fingerprint density at radius 2 is 1.74 bits per heavy atom. The van der Waals surface area contributed by atoms with Gasteiger partial charge in [-0.15, -0.1) is 0 Å². The molecule has 0 spiro atoms. The van der Waals surface area contributed by atoms with E-state index in [-0.39, 0.29) is 5.91 Å². The van der Waals surface area contributed by atoms with Crippen molar-refractivity contribution in [3.63, 3.8) is 0 Å². The van der Waals surface area contributed by atoms with Gasteiger partial charge in [0, 0.05) is 31.6 Å². The van der Waals surface area contributed by atoms with Crippen molar-refractivity contribution in [2.75, 3.05) is 37.0 Å². The van der Waals surface area contributed by atoms with Gasteiger partial charge < -0.3 is 19.7 Å². The van der Waals surface area contributed by atoms with E-state index in [1.807, 2.05) is 43.3 Å². The third-order valence-electron chi connectivity index (χ3n) is 4.89. The van der Waals surface area contributed by atoms with Gasteiger partial charge in [0.1, 0.15) is 5.75 Å². The van der Waals surface area contributed by atoms with Gasteiger partial charge in [0.25, 0.3) is 0 Å². The summed E-state index contributed by atoms with van der Waals surface area (Å²) in [4.78, 5) is 14.6. The molecule has 2 aromatic carbocycles. The molecule has 0 aliphatic carbocycles. The molecule has 2 aromatic rings. The minimum atomic E-state index is -0.0205. The third kappa shape index (κ3) is 5.47. The third-order valence-corrected chi connectivity index (χ3v) is 4.89. The second-order valence-corrected chi connectivity index (χ2v) is 6.77. The Kier molecular flexibility index (Phi) is 6.71. The summed E-state index contributed by atoms with van der Waals surface area (Å²) in [5, 5.41) is 2.97. The van der Waals surface area contributed by atoms with E-state index in [1.165, 1.54) is 5.69 Å². The van der Waals surface area contributed by atoms with E-state index in [2.05, 4.69) is 22.3 Å². The van der Waals surface area contributed by atoms with Crippen molar-refractivity contribution in [2.45, 2.75) is 32.3 Å². The van der Waals surface area contributed by atoms with E-state index in [0.717, 1.165) is 42.9 Å². The molecular formula is C22H28N2O3. The van der Waals surface area contributed by atoms with Crippen LogP contribution in [0.1, 0.15) is 25.3 Å². The van der Waals surface area contributed by atoms with Crippen molar-refractivity contribution >= 4 is 17.3 Å². The maximum absolute atomic E-state index is 12.3. The lowest BCUT2D eigenvalue weighted by Crippen LogP contribution is -2.36. The number of hydrogen-bond acceptors (Lipinski definition) is 4. The molecule has 5 nitrogen and oxygen atoms in total. The highest BCUT2D eigenvalue weighted by atomic mass is 16.5. The standard InChI is InChI=1S/C22H28N2O3/c1-3-27-21-10-4-17(5-11-21)16-22(25)23-18-6-8-19(9-7-18)24-14-12-20(26-2)13-15-24/h4-11,20H,3,12-16H2,1-2H3,(H,23,25). The van der Waals surface area contributed by atoms with Crippen LogP contribution in [0.5, 0.6) is 5.75 Å². The molecule has 1 amide bonds. The zero-order valence-electron chi connectivity index (χ0n) is 16.1. The number of ether oxygens (including phenoxy) is 2. The molecule has 1 saturated heterocycles.